The lowest BCUT2D eigenvalue weighted by molar-refractivity contribution is 0.0600. The highest BCUT2D eigenvalue weighted by atomic mass is 16.5. The van der Waals surface area contributed by atoms with Crippen molar-refractivity contribution in [2.75, 3.05) is 7.11 Å². The molecular weight excluding hydrogens is 396 g/mol. The van der Waals surface area contributed by atoms with E-state index in [4.69, 9.17) is 4.74 Å². The fourth-order valence-electron chi connectivity index (χ4n) is 3.00. The summed E-state index contributed by atoms with van der Waals surface area (Å²) in [6.45, 7) is 0.381. The van der Waals surface area contributed by atoms with Gasteiger partial charge in [-0.15, -0.1) is 0 Å². The number of esters is 1. The number of nitrogens with one attached hydrogen (secondary N) is 1. The summed E-state index contributed by atoms with van der Waals surface area (Å²) in [6.07, 6.45) is 5.10. The molecule has 0 amide bonds. The maximum atomic E-state index is 12.1. The first-order chi connectivity index (χ1) is 15.0. The number of aromatic amines is 1. The van der Waals surface area contributed by atoms with E-state index in [-0.39, 0.29) is 11.5 Å². The molecule has 0 unspecified atom stereocenters. The topological polar surface area (TPSA) is 99.1 Å². The van der Waals surface area contributed by atoms with Crippen molar-refractivity contribution in [2.45, 2.75) is 6.61 Å². The molecule has 1 N–H and O–H groups in total. The van der Waals surface area contributed by atoms with E-state index in [0.717, 1.165) is 16.9 Å². The number of nitrogens with zero attached hydrogens (tertiary/aromatic N) is 3. The van der Waals surface area contributed by atoms with Crippen LogP contribution in [0.4, 0.5) is 0 Å². The van der Waals surface area contributed by atoms with Gasteiger partial charge in [-0.3, -0.25) is 9.48 Å². The molecule has 0 spiro atoms. The number of methoxy groups -OCH3 is 1. The van der Waals surface area contributed by atoms with Gasteiger partial charge in [0.05, 0.1) is 18.9 Å². The van der Waals surface area contributed by atoms with Gasteiger partial charge in [-0.05, 0) is 41.5 Å². The Bertz CT molecular complexity index is 1300. The van der Waals surface area contributed by atoms with Crippen molar-refractivity contribution in [1.82, 2.24) is 19.7 Å². The molecule has 0 atom stereocenters. The van der Waals surface area contributed by atoms with Crippen LogP contribution in [0, 0.1) is 0 Å². The van der Waals surface area contributed by atoms with E-state index in [2.05, 4.69) is 19.8 Å². The number of aryl methyl sites for hydroxylation is 1. The predicted molar refractivity (Wildman–Crippen MR) is 117 cm³/mol. The highest BCUT2D eigenvalue weighted by molar-refractivity contribution is 5.89. The first-order valence-electron chi connectivity index (χ1n) is 9.54. The zero-order chi connectivity index (χ0) is 21.8. The molecule has 8 heteroatoms. The zero-order valence-electron chi connectivity index (χ0n) is 17.0. The van der Waals surface area contributed by atoms with Crippen LogP contribution in [0.3, 0.4) is 0 Å². The van der Waals surface area contributed by atoms with Crippen molar-refractivity contribution in [3.8, 4) is 5.75 Å². The summed E-state index contributed by atoms with van der Waals surface area (Å²) in [5.74, 6) is 0.810. The summed E-state index contributed by atoms with van der Waals surface area (Å²) >= 11 is 0. The van der Waals surface area contributed by atoms with E-state index in [9.17, 15) is 9.59 Å². The molecule has 4 aromatic rings. The summed E-state index contributed by atoms with van der Waals surface area (Å²) in [6, 6.07) is 14.6. The molecule has 2 aromatic heterocycles. The second-order valence-corrected chi connectivity index (χ2v) is 6.84. The van der Waals surface area contributed by atoms with Gasteiger partial charge in [0.1, 0.15) is 23.6 Å². The number of rotatable bonds is 6. The van der Waals surface area contributed by atoms with Gasteiger partial charge >= 0.3 is 5.97 Å². The maximum Gasteiger partial charge on any atom is 0.337 e. The third kappa shape index (κ3) is 4.53. The van der Waals surface area contributed by atoms with E-state index < -0.39 is 0 Å². The third-order valence-electron chi connectivity index (χ3n) is 4.71. The summed E-state index contributed by atoms with van der Waals surface area (Å²) in [5.41, 5.74) is 2.69. The molecule has 0 bridgehead atoms. The van der Waals surface area contributed by atoms with E-state index >= 15 is 0 Å². The van der Waals surface area contributed by atoms with Crippen molar-refractivity contribution in [2.24, 2.45) is 7.05 Å². The normalized spacial score (nSPS) is 11.2. The van der Waals surface area contributed by atoms with Crippen LogP contribution in [0.1, 0.15) is 27.3 Å². The van der Waals surface area contributed by atoms with Crippen LogP contribution < -0.4 is 10.3 Å². The summed E-state index contributed by atoms with van der Waals surface area (Å²) in [5, 5.41) is 4.52. The van der Waals surface area contributed by atoms with Crippen molar-refractivity contribution in [1.29, 1.82) is 0 Å². The minimum atomic E-state index is -0.365. The number of fused-ring (bicyclic) bond motifs is 1. The van der Waals surface area contributed by atoms with Gasteiger partial charge < -0.3 is 14.5 Å². The number of aromatic nitrogens is 4. The molecule has 0 saturated heterocycles. The first kappa shape index (κ1) is 20.1. The summed E-state index contributed by atoms with van der Waals surface area (Å²) < 4.78 is 12.1. The molecule has 4 rings (SSSR count). The summed E-state index contributed by atoms with van der Waals surface area (Å²) in [7, 11) is 3.10. The molecule has 8 nitrogen and oxygen atoms in total. The number of carbonyl (C=O) groups excluding carboxylic acids is 1. The highest BCUT2D eigenvalue weighted by Crippen LogP contribution is 2.16. The third-order valence-corrected chi connectivity index (χ3v) is 4.71. The molecular formula is C23H20N4O4. The number of H-pyrrole nitrogens is 1. The van der Waals surface area contributed by atoms with Crippen LogP contribution in [0.15, 0.2) is 59.5 Å². The second-order valence-electron chi connectivity index (χ2n) is 6.84. The minimum absolute atomic E-state index is 0.221. The van der Waals surface area contributed by atoms with Crippen LogP contribution in [-0.2, 0) is 18.4 Å². The molecule has 0 radical (unpaired) electrons. The van der Waals surface area contributed by atoms with Gasteiger partial charge in [-0.2, -0.15) is 5.10 Å². The Kier molecular flexibility index (Phi) is 5.61. The van der Waals surface area contributed by atoms with Crippen LogP contribution in [0.5, 0.6) is 5.75 Å². The Morgan fingerprint density at radius 1 is 1.10 bits per heavy atom. The fourth-order valence-corrected chi connectivity index (χ4v) is 3.00. The lowest BCUT2D eigenvalue weighted by Gasteiger charge is -2.07. The molecule has 0 aliphatic rings. The van der Waals surface area contributed by atoms with Crippen LogP contribution in [0.2, 0.25) is 0 Å². The number of hydrogen-bond donors (Lipinski definition) is 1. The van der Waals surface area contributed by atoms with E-state index in [1.165, 1.54) is 13.3 Å². The molecule has 31 heavy (non-hydrogen) atoms. The Balaban J connectivity index is 1.40. The molecule has 156 valence electrons. The Hall–Kier alpha value is -4.20. The van der Waals surface area contributed by atoms with Gasteiger partial charge in [0.15, 0.2) is 5.65 Å². The lowest BCUT2D eigenvalue weighted by atomic mass is 10.1. The largest absolute Gasteiger partial charge is 0.489 e. The van der Waals surface area contributed by atoms with Gasteiger partial charge in [-0.1, -0.05) is 30.3 Å². The van der Waals surface area contributed by atoms with Crippen LogP contribution in [0.25, 0.3) is 23.2 Å². The number of carbonyl (C=O) groups is 1. The fraction of sp³-hybridized carbons (Fsp3) is 0.130. The second kappa shape index (κ2) is 8.66. The molecule has 0 saturated carbocycles. The Labute approximate surface area is 177 Å². The van der Waals surface area contributed by atoms with Crippen LogP contribution in [-0.4, -0.2) is 32.8 Å². The van der Waals surface area contributed by atoms with Gasteiger partial charge in [0.2, 0.25) is 0 Å². The Morgan fingerprint density at radius 3 is 2.55 bits per heavy atom. The molecule has 0 fully saturated rings. The average Bonchev–Trinajstić information content (AvgIpc) is 3.18. The van der Waals surface area contributed by atoms with E-state index in [0.29, 0.717) is 29.0 Å². The van der Waals surface area contributed by atoms with E-state index in [1.807, 2.05) is 42.5 Å². The van der Waals surface area contributed by atoms with Crippen molar-refractivity contribution in [3.05, 3.63) is 87.6 Å². The monoisotopic (exact) mass is 416 g/mol. The van der Waals surface area contributed by atoms with Gasteiger partial charge in [0, 0.05) is 7.05 Å². The SMILES string of the molecule is COC(=O)c1ccc(COc2ccc(/C=C/c3nc4c(cnn4C)c(=O)[nH]3)cc2)cc1. The van der Waals surface area contributed by atoms with Crippen LogP contribution >= 0.6 is 0 Å². The molecule has 0 aliphatic heterocycles. The highest BCUT2D eigenvalue weighted by Gasteiger charge is 2.07. The Morgan fingerprint density at radius 2 is 1.84 bits per heavy atom. The van der Waals surface area contributed by atoms with Gasteiger partial charge in [0.25, 0.3) is 5.56 Å². The first-order valence-corrected chi connectivity index (χ1v) is 9.54. The number of ether oxygens (including phenoxy) is 2. The predicted octanol–water partition coefficient (Wildman–Crippen LogP) is 3.19. The number of hydrogen-bond acceptors (Lipinski definition) is 6. The molecule has 2 heterocycles. The smallest absolute Gasteiger partial charge is 0.337 e. The molecule has 2 aromatic carbocycles. The lowest BCUT2D eigenvalue weighted by Crippen LogP contribution is -2.09. The number of benzene rings is 2. The van der Waals surface area contributed by atoms with E-state index in [1.54, 1.807) is 29.9 Å². The zero-order valence-corrected chi connectivity index (χ0v) is 17.0. The molecule has 0 aliphatic carbocycles. The standard InChI is InChI=1S/C23H20N4O4/c1-27-21-19(13-24-27)22(28)26-20(25-21)12-7-15-5-10-18(11-6-15)31-14-16-3-8-17(9-4-16)23(29)30-2/h3-13H,14H2,1-2H3,(H,25,26,28)/b12-7+. The van der Waals surface area contributed by atoms with Crippen molar-refractivity contribution < 1.29 is 14.3 Å². The summed E-state index contributed by atoms with van der Waals surface area (Å²) in [4.78, 5) is 30.7. The van der Waals surface area contributed by atoms with Crippen molar-refractivity contribution in [3.63, 3.8) is 0 Å². The quantitative estimate of drug-likeness (QED) is 0.485. The minimum Gasteiger partial charge on any atom is -0.489 e. The van der Waals surface area contributed by atoms with Gasteiger partial charge in [-0.25, -0.2) is 9.78 Å². The maximum absolute atomic E-state index is 12.1. The average molecular weight is 416 g/mol. The van der Waals surface area contributed by atoms with Crippen molar-refractivity contribution >= 4 is 29.2 Å².